The third kappa shape index (κ3) is 4.30. The molecule has 0 spiro atoms. The molecule has 2 rings (SSSR count). The summed E-state index contributed by atoms with van der Waals surface area (Å²) in [5.41, 5.74) is 1.42. The molecule has 0 saturated carbocycles. The second kappa shape index (κ2) is 8.08. The van der Waals surface area contributed by atoms with E-state index in [1.807, 2.05) is 31.4 Å². The van der Waals surface area contributed by atoms with Gasteiger partial charge in [-0.25, -0.2) is 4.79 Å². The second-order valence-electron chi connectivity index (χ2n) is 4.75. The molecule has 0 aliphatic rings. The van der Waals surface area contributed by atoms with Crippen LogP contribution < -0.4 is 5.32 Å². The molecular weight excluding hydrogens is 330 g/mol. The van der Waals surface area contributed by atoms with Crippen LogP contribution in [0.15, 0.2) is 23.6 Å². The molecular formula is C17H19NO3S2. The highest BCUT2D eigenvalue weighted by atomic mass is 32.1. The van der Waals surface area contributed by atoms with Crippen LogP contribution >= 0.6 is 22.7 Å². The first kappa shape index (κ1) is 17.4. The van der Waals surface area contributed by atoms with Gasteiger partial charge >= 0.3 is 5.97 Å². The SMILES string of the molecule is CCOC(=O)c1c(NC(=O)C=Cc2cccs2)sc(C)c1CC. The summed E-state index contributed by atoms with van der Waals surface area (Å²) in [4.78, 5) is 26.3. The molecule has 1 amide bonds. The maximum atomic E-state index is 12.2. The fourth-order valence-electron chi connectivity index (χ4n) is 2.21. The maximum absolute atomic E-state index is 12.2. The van der Waals surface area contributed by atoms with Crippen molar-refractivity contribution in [1.82, 2.24) is 0 Å². The number of carbonyl (C=O) groups is 2. The van der Waals surface area contributed by atoms with Gasteiger partial charge in [0.15, 0.2) is 0 Å². The van der Waals surface area contributed by atoms with Crippen LogP contribution in [0.1, 0.15) is 39.5 Å². The molecule has 2 aromatic heterocycles. The van der Waals surface area contributed by atoms with E-state index in [0.717, 1.165) is 21.7 Å². The molecule has 0 radical (unpaired) electrons. The normalized spacial score (nSPS) is 10.9. The van der Waals surface area contributed by atoms with Crippen LogP contribution in [-0.4, -0.2) is 18.5 Å². The number of carbonyl (C=O) groups excluding carboxylic acids is 2. The Balaban J connectivity index is 2.21. The van der Waals surface area contributed by atoms with Gasteiger partial charge in [-0.05, 0) is 43.4 Å². The van der Waals surface area contributed by atoms with E-state index < -0.39 is 0 Å². The van der Waals surface area contributed by atoms with Gasteiger partial charge in [0.05, 0.1) is 12.2 Å². The number of thiophene rings is 2. The van der Waals surface area contributed by atoms with E-state index in [2.05, 4.69) is 5.32 Å². The van der Waals surface area contributed by atoms with Gasteiger partial charge in [0, 0.05) is 15.8 Å². The molecule has 0 atom stereocenters. The Bertz CT molecular complexity index is 715. The Hall–Kier alpha value is -1.92. The molecule has 1 N–H and O–H groups in total. The van der Waals surface area contributed by atoms with E-state index >= 15 is 0 Å². The lowest BCUT2D eigenvalue weighted by Crippen LogP contribution is -2.13. The Labute approximate surface area is 143 Å². The van der Waals surface area contributed by atoms with E-state index in [1.54, 1.807) is 24.3 Å². The monoisotopic (exact) mass is 349 g/mol. The molecule has 0 aliphatic heterocycles. The van der Waals surface area contributed by atoms with Gasteiger partial charge < -0.3 is 10.1 Å². The zero-order valence-electron chi connectivity index (χ0n) is 13.3. The van der Waals surface area contributed by atoms with E-state index in [0.29, 0.717) is 17.2 Å². The Kier molecular flexibility index (Phi) is 6.12. The number of hydrogen-bond acceptors (Lipinski definition) is 5. The van der Waals surface area contributed by atoms with E-state index in [4.69, 9.17) is 4.74 Å². The van der Waals surface area contributed by atoms with Gasteiger partial charge in [-0.3, -0.25) is 4.79 Å². The van der Waals surface area contributed by atoms with Crippen molar-refractivity contribution in [1.29, 1.82) is 0 Å². The van der Waals surface area contributed by atoms with E-state index in [9.17, 15) is 9.59 Å². The Morgan fingerprint density at radius 1 is 1.35 bits per heavy atom. The molecule has 0 aliphatic carbocycles. The predicted octanol–water partition coefficient (Wildman–Crippen LogP) is 4.51. The minimum Gasteiger partial charge on any atom is -0.462 e. The summed E-state index contributed by atoms with van der Waals surface area (Å²) in [6.07, 6.45) is 3.95. The van der Waals surface area contributed by atoms with Gasteiger partial charge in [0.25, 0.3) is 0 Å². The molecule has 2 aromatic rings. The zero-order chi connectivity index (χ0) is 16.8. The summed E-state index contributed by atoms with van der Waals surface area (Å²) < 4.78 is 5.12. The van der Waals surface area contributed by atoms with Gasteiger partial charge in [0.1, 0.15) is 5.00 Å². The third-order valence-corrected chi connectivity index (χ3v) is 5.12. The summed E-state index contributed by atoms with van der Waals surface area (Å²) >= 11 is 2.97. The van der Waals surface area contributed by atoms with Gasteiger partial charge in [-0.2, -0.15) is 0 Å². The molecule has 2 heterocycles. The first-order chi connectivity index (χ1) is 11.1. The van der Waals surface area contributed by atoms with Crippen molar-refractivity contribution < 1.29 is 14.3 Å². The van der Waals surface area contributed by atoms with Crippen LogP contribution in [-0.2, 0) is 16.0 Å². The van der Waals surface area contributed by atoms with Crippen molar-refractivity contribution >= 4 is 45.6 Å². The fraction of sp³-hybridized carbons (Fsp3) is 0.294. The van der Waals surface area contributed by atoms with E-state index in [-0.39, 0.29) is 11.9 Å². The van der Waals surface area contributed by atoms with Crippen LogP contribution in [0.4, 0.5) is 5.00 Å². The van der Waals surface area contributed by atoms with Crippen molar-refractivity contribution in [3.05, 3.63) is 44.5 Å². The highest BCUT2D eigenvalue weighted by Gasteiger charge is 2.22. The molecule has 0 saturated heterocycles. The largest absolute Gasteiger partial charge is 0.462 e. The number of hydrogen-bond donors (Lipinski definition) is 1. The number of aryl methyl sites for hydroxylation is 1. The van der Waals surface area contributed by atoms with Crippen molar-refractivity contribution in [2.45, 2.75) is 27.2 Å². The molecule has 122 valence electrons. The molecule has 4 nitrogen and oxygen atoms in total. The minimum absolute atomic E-state index is 0.257. The lowest BCUT2D eigenvalue weighted by Gasteiger charge is -2.06. The lowest BCUT2D eigenvalue weighted by molar-refractivity contribution is -0.111. The topological polar surface area (TPSA) is 55.4 Å². The van der Waals surface area contributed by atoms with Crippen LogP contribution in [0.5, 0.6) is 0 Å². The van der Waals surface area contributed by atoms with Crippen LogP contribution in [0.25, 0.3) is 6.08 Å². The highest BCUT2D eigenvalue weighted by molar-refractivity contribution is 7.16. The first-order valence-electron chi connectivity index (χ1n) is 7.38. The average Bonchev–Trinajstić information content (AvgIpc) is 3.12. The maximum Gasteiger partial charge on any atom is 0.341 e. The van der Waals surface area contributed by atoms with Crippen LogP contribution in [0, 0.1) is 6.92 Å². The Morgan fingerprint density at radius 3 is 2.74 bits per heavy atom. The summed E-state index contributed by atoms with van der Waals surface area (Å²) in [6, 6.07) is 3.86. The summed E-state index contributed by atoms with van der Waals surface area (Å²) in [6.45, 7) is 6.01. The minimum atomic E-state index is -0.383. The predicted molar refractivity (Wildman–Crippen MR) is 96.4 cm³/mol. The molecule has 0 bridgehead atoms. The van der Waals surface area contributed by atoms with Gasteiger partial charge in [0.2, 0.25) is 5.91 Å². The Morgan fingerprint density at radius 2 is 2.13 bits per heavy atom. The molecule has 0 aromatic carbocycles. The number of nitrogens with one attached hydrogen (secondary N) is 1. The first-order valence-corrected chi connectivity index (χ1v) is 9.08. The second-order valence-corrected chi connectivity index (χ2v) is 6.96. The third-order valence-electron chi connectivity index (χ3n) is 3.22. The summed E-state index contributed by atoms with van der Waals surface area (Å²) in [5.74, 6) is -0.640. The number of rotatable bonds is 6. The van der Waals surface area contributed by atoms with Crippen molar-refractivity contribution in [3.63, 3.8) is 0 Å². The average molecular weight is 349 g/mol. The molecule has 0 unspecified atom stereocenters. The standard InChI is InChI=1S/C17H19NO3S2/c1-4-13-11(3)23-16(15(13)17(20)21-5-2)18-14(19)9-8-12-7-6-10-22-12/h6-10H,4-5H2,1-3H3,(H,18,19). The van der Waals surface area contributed by atoms with Gasteiger partial charge in [-0.15, -0.1) is 22.7 Å². The highest BCUT2D eigenvalue weighted by Crippen LogP contribution is 2.34. The van der Waals surface area contributed by atoms with E-state index in [1.165, 1.54) is 17.4 Å². The number of amides is 1. The fourth-order valence-corrected chi connectivity index (χ4v) is 3.96. The number of anilines is 1. The van der Waals surface area contributed by atoms with Crippen LogP contribution in [0.2, 0.25) is 0 Å². The van der Waals surface area contributed by atoms with Crippen LogP contribution in [0.3, 0.4) is 0 Å². The lowest BCUT2D eigenvalue weighted by atomic mass is 10.1. The smallest absolute Gasteiger partial charge is 0.341 e. The number of ether oxygens (including phenoxy) is 1. The van der Waals surface area contributed by atoms with Gasteiger partial charge in [-0.1, -0.05) is 13.0 Å². The van der Waals surface area contributed by atoms with Crippen molar-refractivity contribution in [2.75, 3.05) is 11.9 Å². The molecule has 23 heavy (non-hydrogen) atoms. The molecule has 0 fully saturated rings. The summed E-state index contributed by atoms with van der Waals surface area (Å²) in [5, 5.41) is 5.31. The van der Waals surface area contributed by atoms with Crippen molar-refractivity contribution in [2.24, 2.45) is 0 Å². The number of esters is 1. The zero-order valence-corrected chi connectivity index (χ0v) is 15.0. The molecule has 6 heteroatoms. The summed E-state index contributed by atoms with van der Waals surface area (Å²) in [7, 11) is 0. The quantitative estimate of drug-likeness (QED) is 0.617. The van der Waals surface area contributed by atoms with Crippen molar-refractivity contribution in [3.8, 4) is 0 Å².